The summed E-state index contributed by atoms with van der Waals surface area (Å²) in [5.74, 6) is 0.451. The third-order valence-electron chi connectivity index (χ3n) is 1.14. The maximum absolute atomic E-state index is 5.76. The van der Waals surface area contributed by atoms with Crippen LogP contribution in [-0.2, 0) is 0 Å². The molecule has 1 aromatic rings. The number of halogens is 4. The summed E-state index contributed by atoms with van der Waals surface area (Å²) in [6, 6.07) is 0. The molecular weight excluding hydrogens is 333 g/mol. The van der Waals surface area contributed by atoms with Crippen LogP contribution in [0.5, 0.6) is 0 Å². The number of hydrogen-bond donors (Lipinski definition) is 0. The lowest BCUT2D eigenvalue weighted by Gasteiger charge is -2.04. The molecule has 0 radical (unpaired) electrons. The van der Waals surface area contributed by atoms with Gasteiger partial charge in [-0.2, -0.15) is 0 Å². The summed E-state index contributed by atoms with van der Waals surface area (Å²) < 4.78 is 0.650. The molecule has 1 atom stereocenters. The van der Waals surface area contributed by atoms with Gasteiger partial charge in [-0.1, -0.05) is 23.2 Å². The van der Waals surface area contributed by atoms with E-state index in [2.05, 4.69) is 9.97 Å². The SMILES string of the molecule is CC(Cl)c1nc(Cl)c(I)c(Cl)n1. The standard InChI is InChI=1S/C6H4Cl3IN2/c1-2(7)6-11-4(8)3(10)5(9)12-6/h2H,1H3. The van der Waals surface area contributed by atoms with Crippen molar-refractivity contribution in [2.75, 3.05) is 0 Å². The van der Waals surface area contributed by atoms with Crippen LogP contribution in [0.25, 0.3) is 0 Å². The molecule has 0 amide bonds. The molecule has 12 heavy (non-hydrogen) atoms. The van der Waals surface area contributed by atoms with Crippen LogP contribution in [0.4, 0.5) is 0 Å². The van der Waals surface area contributed by atoms with E-state index in [9.17, 15) is 0 Å². The van der Waals surface area contributed by atoms with E-state index in [1.54, 1.807) is 6.92 Å². The maximum Gasteiger partial charge on any atom is 0.149 e. The van der Waals surface area contributed by atoms with Crippen molar-refractivity contribution in [2.24, 2.45) is 0 Å². The first-order valence-corrected chi connectivity index (χ1v) is 5.32. The molecule has 0 aliphatic carbocycles. The quantitative estimate of drug-likeness (QED) is 0.444. The summed E-state index contributed by atoms with van der Waals surface area (Å²) >= 11 is 19.3. The Morgan fingerprint density at radius 3 is 2.00 bits per heavy atom. The van der Waals surface area contributed by atoms with Crippen LogP contribution in [0.15, 0.2) is 0 Å². The van der Waals surface area contributed by atoms with E-state index in [1.807, 2.05) is 22.6 Å². The third-order valence-corrected chi connectivity index (χ3v) is 3.55. The number of nitrogens with zero attached hydrogens (tertiary/aromatic N) is 2. The van der Waals surface area contributed by atoms with Crippen LogP contribution in [-0.4, -0.2) is 9.97 Å². The Hall–Kier alpha value is 0.680. The summed E-state index contributed by atoms with van der Waals surface area (Å²) in [7, 11) is 0. The zero-order valence-electron chi connectivity index (χ0n) is 5.98. The second kappa shape index (κ2) is 4.26. The summed E-state index contributed by atoms with van der Waals surface area (Å²) in [4.78, 5) is 7.93. The van der Waals surface area contributed by atoms with Crippen molar-refractivity contribution >= 4 is 57.4 Å². The van der Waals surface area contributed by atoms with Gasteiger partial charge >= 0.3 is 0 Å². The van der Waals surface area contributed by atoms with Crippen molar-refractivity contribution in [1.82, 2.24) is 9.97 Å². The number of aromatic nitrogens is 2. The maximum atomic E-state index is 5.76. The summed E-state index contributed by atoms with van der Waals surface area (Å²) in [6.45, 7) is 1.76. The molecule has 0 saturated heterocycles. The molecule has 1 rings (SSSR count). The van der Waals surface area contributed by atoms with Gasteiger partial charge < -0.3 is 0 Å². The Bertz CT molecular complexity index is 280. The van der Waals surface area contributed by atoms with E-state index in [4.69, 9.17) is 34.8 Å². The molecule has 1 unspecified atom stereocenters. The summed E-state index contributed by atoms with van der Waals surface area (Å²) in [5.41, 5.74) is 0. The number of alkyl halides is 1. The molecule has 1 aromatic heterocycles. The summed E-state index contributed by atoms with van der Waals surface area (Å²) in [6.07, 6.45) is 0. The molecule has 66 valence electrons. The molecule has 0 saturated carbocycles. The molecule has 0 bridgehead atoms. The highest BCUT2D eigenvalue weighted by atomic mass is 127. The van der Waals surface area contributed by atoms with Gasteiger partial charge in [-0.05, 0) is 29.5 Å². The van der Waals surface area contributed by atoms with Gasteiger partial charge in [0.2, 0.25) is 0 Å². The fourth-order valence-corrected chi connectivity index (χ4v) is 1.33. The van der Waals surface area contributed by atoms with E-state index in [0.717, 1.165) is 0 Å². The normalized spacial score (nSPS) is 13.1. The van der Waals surface area contributed by atoms with Crippen LogP contribution in [0, 0.1) is 3.57 Å². The fourth-order valence-electron chi connectivity index (χ4n) is 0.587. The molecule has 0 aromatic carbocycles. The molecule has 0 spiro atoms. The van der Waals surface area contributed by atoms with Crippen LogP contribution in [0.2, 0.25) is 10.3 Å². The predicted octanol–water partition coefficient (Wildman–Crippen LogP) is 3.69. The Morgan fingerprint density at radius 2 is 1.67 bits per heavy atom. The van der Waals surface area contributed by atoms with Gasteiger partial charge in [0.15, 0.2) is 0 Å². The zero-order chi connectivity index (χ0) is 9.30. The van der Waals surface area contributed by atoms with Gasteiger partial charge in [0, 0.05) is 0 Å². The van der Waals surface area contributed by atoms with E-state index >= 15 is 0 Å². The minimum Gasteiger partial charge on any atom is -0.218 e. The van der Waals surface area contributed by atoms with Gasteiger partial charge in [-0.25, -0.2) is 9.97 Å². The van der Waals surface area contributed by atoms with Gasteiger partial charge in [-0.15, -0.1) is 11.6 Å². The smallest absolute Gasteiger partial charge is 0.149 e. The van der Waals surface area contributed by atoms with E-state index in [1.165, 1.54) is 0 Å². The lowest BCUT2D eigenvalue weighted by Crippen LogP contribution is -1.98. The van der Waals surface area contributed by atoms with Crippen LogP contribution >= 0.6 is 57.4 Å². The number of rotatable bonds is 1. The van der Waals surface area contributed by atoms with Crippen molar-refractivity contribution in [2.45, 2.75) is 12.3 Å². The van der Waals surface area contributed by atoms with Crippen LogP contribution in [0.1, 0.15) is 18.1 Å². The first kappa shape index (κ1) is 10.8. The first-order chi connectivity index (χ1) is 5.52. The molecule has 0 aliphatic heterocycles. The van der Waals surface area contributed by atoms with Crippen molar-refractivity contribution in [1.29, 1.82) is 0 Å². The summed E-state index contributed by atoms with van der Waals surface area (Å²) in [5, 5.41) is 0.410. The number of hydrogen-bond acceptors (Lipinski definition) is 2. The van der Waals surface area contributed by atoms with E-state index < -0.39 is 0 Å². The van der Waals surface area contributed by atoms with Gasteiger partial charge in [-0.3, -0.25) is 0 Å². The highest BCUT2D eigenvalue weighted by Gasteiger charge is 2.11. The minimum absolute atomic E-state index is 0.281. The highest BCUT2D eigenvalue weighted by molar-refractivity contribution is 14.1. The van der Waals surface area contributed by atoms with Crippen molar-refractivity contribution in [3.8, 4) is 0 Å². The topological polar surface area (TPSA) is 25.8 Å². The van der Waals surface area contributed by atoms with E-state index in [-0.39, 0.29) is 5.38 Å². The average Bonchev–Trinajstić information content (AvgIpc) is 1.99. The van der Waals surface area contributed by atoms with Gasteiger partial charge in [0.1, 0.15) is 16.1 Å². The largest absolute Gasteiger partial charge is 0.218 e. The van der Waals surface area contributed by atoms with Crippen molar-refractivity contribution in [3.63, 3.8) is 0 Å². The zero-order valence-corrected chi connectivity index (χ0v) is 10.4. The average molecular weight is 337 g/mol. The molecule has 0 fully saturated rings. The lowest BCUT2D eigenvalue weighted by molar-refractivity contribution is 0.905. The fraction of sp³-hybridized carbons (Fsp3) is 0.333. The molecular formula is C6H4Cl3IN2. The molecule has 0 aliphatic rings. The Morgan fingerprint density at radius 1 is 1.25 bits per heavy atom. The predicted molar refractivity (Wildman–Crippen MR) is 59.0 cm³/mol. The third kappa shape index (κ3) is 2.34. The van der Waals surface area contributed by atoms with Gasteiger partial charge in [0.05, 0.1) is 8.95 Å². The van der Waals surface area contributed by atoms with Gasteiger partial charge in [0.25, 0.3) is 0 Å². The van der Waals surface area contributed by atoms with Crippen LogP contribution in [0.3, 0.4) is 0 Å². The Balaban J connectivity index is 3.21. The monoisotopic (exact) mass is 336 g/mol. The molecule has 0 N–H and O–H groups in total. The van der Waals surface area contributed by atoms with Crippen molar-refractivity contribution in [3.05, 3.63) is 19.7 Å². The first-order valence-electron chi connectivity index (χ1n) is 3.05. The van der Waals surface area contributed by atoms with Crippen molar-refractivity contribution < 1.29 is 0 Å². The molecule has 6 heteroatoms. The van der Waals surface area contributed by atoms with E-state index in [0.29, 0.717) is 19.7 Å². The highest BCUT2D eigenvalue weighted by Crippen LogP contribution is 2.26. The Kier molecular flexibility index (Phi) is 3.82. The van der Waals surface area contributed by atoms with Crippen LogP contribution < -0.4 is 0 Å². The Labute approximate surface area is 98.8 Å². The second-order valence-electron chi connectivity index (χ2n) is 2.09. The molecule has 1 heterocycles. The lowest BCUT2D eigenvalue weighted by atomic mass is 10.4. The molecule has 2 nitrogen and oxygen atoms in total. The minimum atomic E-state index is -0.281. The second-order valence-corrected chi connectivity index (χ2v) is 4.54.